The zero-order chi connectivity index (χ0) is 8.97. The highest BCUT2D eigenvalue weighted by atomic mass is 35.5. The van der Waals surface area contributed by atoms with Crippen LogP contribution >= 0.6 is 11.6 Å². The molecule has 3 heteroatoms. The second kappa shape index (κ2) is 3.89. The summed E-state index contributed by atoms with van der Waals surface area (Å²) in [6.45, 7) is 0. The number of benzene rings is 1. The molecule has 0 saturated heterocycles. The molecular formula is C9H8ClNO. The fourth-order valence-corrected chi connectivity index (χ4v) is 0.835. The Kier molecular flexibility index (Phi) is 2.84. The van der Waals surface area contributed by atoms with E-state index in [1.54, 1.807) is 12.1 Å². The highest BCUT2D eigenvalue weighted by molar-refractivity contribution is 6.19. The number of nitrogens with two attached hydrogens (primary N) is 1. The SMILES string of the molecule is Nc1cc(C#CCCl)ccc1O. The standard InChI is InChI=1S/C9H8ClNO/c10-5-1-2-7-3-4-9(12)8(11)6-7/h3-4,6,12H,5,11H2. The molecule has 0 atom stereocenters. The lowest BCUT2D eigenvalue weighted by Gasteiger charge is -1.97. The summed E-state index contributed by atoms with van der Waals surface area (Å²) in [5, 5.41) is 9.07. The fraction of sp³-hybridized carbons (Fsp3) is 0.111. The van der Waals surface area contributed by atoms with Crippen molar-refractivity contribution in [1.29, 1.82) is 0 Å². The molecule has 0 aromatic heterocycles. The van der Waals surface area contributed by atoms with Gasteiger partial charge in [0.2, 0.25) is 0 Å². The van der Waals surface area contributed by atoms with E-state index in [1.807, 2.05) is 0 Å². The van der Waals surface area contributed by atoms with E-state index in [4.69, 9.17) is 22.4 Å². The number of aromatic hydroxyl groups is 1. The molecule has 0 heterocycles. The first-order chi connectivity index (χ1) is 5.74. The van der Waals surface area contributed by atoms with Crippen LogP contribution < -0.4 is 5.73 Å². The highest BCUT2D eigenvalue weighted by Crippen LogP contribution is 2.19. The van der Waals surface area contributed by atoms with Crippen LogP contribution in [0.5, 0.6) is 5.75 Å². The van der Waals surface area contributed by atoms with Gasteiger partial charge in [-0.2, -0.15) is 0 Å². The van der Waals surface area contributed by atoms with Gasteiger partial charge < -0.3 is 10.8 Å². The van der Waals surface area contributed by atoms with Crippen molar-refractivity contribution in [3.63, 3.8) is 0 Å². The van der Waals surface area contributed by atoms with E-state index in [2.05, 4.69) is 11.8 Å². The van der Waals surface area contributed by atoms with Crippen LogP contribution in [0.1, 0.15) is 5.56 Å². The lowest BCUT2D eigenvalue weighted by molar-refractivity contribution is 0.478. The number of anilines is 1. The molecule has 0 spiro atoms. The Morgan fingerprint density at radius 1 is 1.50 bits per heavy atom. The smallest absolute Gasteiger partial charge is 0.138 e. The van der Waals surface area contributed by atoms with Crippen LogP contribution in [-0.2, 0) is 0 Å². The lowest BCUT2D eigenvalue weighted by atomic mass is 10.2. The van der Waals surface area contributed by atoms with Crippen LogP contribution in [0.3, 0.4) is 0 Å². The normalized spacial score (nSPS) is 8.75. The minimum Gasteiger partial charge on any atom is -0.506 e. The van der Waals surface area contributed by atoms with Crippen molar-refractivity contribution in [1.82, 2.24) is 0 Å². The summed E-state index contributed by atoms with van der Waals surface area (Å²) in [5.41, 5.74) is 6.53. The van der Waals surface area contributed by atoms with Crippen molar-refractivity contribution >= 4 is 17.3 Å². The van der Waals surface area contributed by atoms with Crippen molar-refractivity contribution in [3.8, 4) is 17.6 Å². The first-order valence-electron chi connectivity index (χ1n) is 3.37. The number of halogens is 1. The number of hydrogen-bond donors (Lipinski definition) is 2. The number of nitrogen functional groups attached to an aromatic ring is 1. The quantitative estimate of drug-likeness (QED) is 0.276. The van der Waals surface area contributed by atoms with E-state index in [0.29, 0.717) is 11.6 Å². The molecule has 2 nitrogen and oxygen atoms in total. The fourth-order valence-electron chi connectivity index (χ4n) is 0.768. The average molecular weight is 182 g/mol. The number of alkyl halides is 1. The van der Waals surface area contributed by atoms with Crippen molar-refractivity contribution in [2.24, 2.45) is 0 Å². The largest absolute Gasteiger partial charge is 0.506 e. The zero-order valence-electron chi connectivity index (χ0n) is 6.34. The Bertz CT molecular complexity index is 338. The molecule has 0 aliphatic heterocycles. The topological polar surface area (TPSA) is 46.2 Å². The van der Waals surface area contributed by atoms with Gasteiger partial charge in [-0.15, -0.1) is 11.6 Å². The summed E-state index contributed by atoms with van der Waals surface area (Å²) >= 11 is 5.37. The predicted molar refractivity (Wildman–Crippen MR) is 50.1 cm³/mol. The second-order valence-electron chi connectivity index (χ2n) is 2.21. The van der Waals surface area contributed by atoms with E-state index in [0.717, 1.165) is 5.56 Å². The van der Waals surface area contributed by atoms with E-state index < -0.39 is 0 Å². The third-order valence-corrected chi connectivity index (χ3v) is 1.46. The third-order valence-electron chi connectivity index (χ3n) is 1.33. The van der Waals surface area contributed by atoms with Crippen molar-refractivity contribution in [2.75, 3.05) is 11.6 Å². The zero-order valence-corrected chi connectivity index (χ0v) is 7.10. The Balaban J connectivity index is 2.97. The monoisotopic (exact) mass is 181 g/mol. The van der Waals surface area contributed by atoms with Crippen LogP contribution in [0.4, 0.5) is 5.69 Å². The highest BCUT2D eigenvalue weighted by Gasteiger charge is 1.94. The van der Waals surface area contributed by atoms with Gasteiger partial charge in [0, 0.05) is 5.56 Å². The Hall–Kier alpha value is -1.33. The molecule has 0 amide bonds. The van der Waals surface area contributed by atoms with Crippen molar-refractivity contribution in [2.45, 2.75) is 0 Å². The minimum atomic E-state index is 0.0754. The van der Waals surface area contributed by atoms with E-state index in [-0.39, 0.29) is 5.75 Å². The number of rotatable bonds is 0. The summed E-state index contributed by atoms with van der Waals surface area (Å²) in [4.78, 5) is 0. The summed E-state index contributed by atoms with van der Waals surface area (Å²) in [6.07, 6.45) is 0. The third kappa shape index (κ3) is 2.08. The van der Waals surface area contributed by atoms with Crippen LogP contribution in [0.15, 0.2) is 18.2 Å². The van der Waals surface area contributed by atoms with Crippen molar-refractivity contribution < 1.29 is 5.11 Å². The van der Waals surface area contributed by atoms with E-state index in [9.17, 15) is 0 Å². The van der Waals surface area contributed by atoms with Gasteiger partial charge in [0.15, 0.2) is 0 Å². The van der Waals surface area contributed by atoms with Gasteiger partial charge in [0.05, 0.1) is 11.6 Å². The van der Waals surface area contributed by atoms with Crippen LogP contribution in [0.25, 0.3) is 0 Å². The first-order valence-corrected chi connectivity index (χ1v) is 3.91. The Morgan fingerprint density at radius 2 is 2.25 bits per heavy atom. The van der Waals surface area contributed by atoms with Gasteiger partial charge >= 0.3 is 0 Å². The summed E-state index contributed by atoms with van der Waals surface area (Å²) in [7, 11) is 0. The van der Waals surface area contributed by atoms with Gasteiger partial charge in [-0.25, -0.2) is 0 Å². The lowest BCUT2D eigenvalue weighted by Crippen LogP contribution is -1.86. The maximum Gasteiger partial charge on any atom is 0.138 e. The molecular weight excluding hydrogens is 174 g/mol. The molecule has 0 aliphatic carbocycles. The number of phenols is 1. The molecule has 0 bridgehead atoms. The van der Waals surface area contributed by atoms with E-state index in [1.165, 1.54) is 6.07 Å². The number of phenolic OH excluding ortho intramolecular Hbond substituents is 1. The molecule has 0 saturated carbocycles. The second-order valence-corrected chi connectivity index (χ2v) is 2.48. The molecule has 0 fully saturated rings. The molecule has 12 heavy (non-hydrogen) atoms. The summed E-state index contributed by atoms with van der Waals surface area (Å²) < 4.78 is 0. The van der Waals surface area contributed by atoms with E-state index >= 15 is 0 Å². The molecule has 0 radical (unpaired) electrons. The molecule has 62 valence electrons. The molecule has 0 unspecified atom stereocenters. The first kappa shape index (κ1) is 8.76. The maximum atomic E-state index is 9.07. The molecule has 1 aromatic rings. The summed E-state index contributed by atoms with van der Waals surface area (Å²) in [5.74, 6) is 5.85. The molecule has 3 N–H and O–H groups in total. The van der Waals surface area contributed by atoms with Gasteiger partial charge in [-0.05, 0) is 18.2 Å². The Labute approximate surface area is 76.0 Å². The Morgan fingerprint density at radius 3 is 2.83 bits per heavy atom. The number of hydrogen-bond acceptors (Lipinski definition) is 2. The minimum absolute atomic E-state index is 0.0754. The van der Waals surface area contributed by atoms with Gasteiger partial charge in [-0.1, -0.05) is 11.8 Å². The molecule has 1 rings (SSSR count). The maximum absolute atomic E-state index is 9.07. The predicted octanol–water partition coefficient (Wildman–Crippen LogP) is 1.56. The van der Waals surface area contributed by atoms with Gasteiger partial charge in [0.1, 0.15) is 5.75 Å². The molecule has 0 aliphatic rings. The average Bonchev–Trinajstić information content (AvgIpc) is 2.07. The van der Waals surface area contributed by atoms with Crippen LogP contribution in [0, 0.1) is 11.8 Å². The van der Waals surface area contributed by atoms with Crippen LogP contribution in [-0.4, -0.2) is 11.0 Å². The van der Waals surface area contributed by atoms with Gasteiger partial charge in [0.25, 0.3) is 0 Å². The van der Waals surface area contributed by atoms with Crippen LogP contribution in [0.2, 0.25) is 0 Å². The summed E-state index contributed by atoms with van der Waals surface area (Å²) in [6, 6.07) is 4.80. The van der Waals surface area contributed by atoms with Crippen molar-refractivity contribution in [3.05, 3.63) is 23.8 Å². The molecule has 1 aromatic carbocycles. The van der Waals surface area contributed by atoms with Gasteiger partial charge in [-0.3, -0.25) is 0 Å².